The second kappa shape index (κ2) is 7.60. The summed E-state index contributed by atoms with van der Waals surface area (Å²) in [5, 5.41) is 14.7. The monoisotopic (exact) mass is 374 g/mol. The number of anilines is 1. The summed E-state index contributed by atoms with van der Waals surface area (Å²) in [6, 6.07) is 23.3. The zero-order chi connectivity index (χ0) is 18.6. The summed E-state index contributed by atoms with van der Waals surface area (Å²) in [5.74, 6) is -0.125. The minimum Gasteiger partial charge on any atom is -0.478 e. The van der Waals surface area contributed by atoms with Crippen LogP contribution in [-0.4, -0.2) is 21.6 Å². The molecule has 134 valence electrons. The lowest BCUT2D eigenvalue weighted by atomic mass is 10.0. The normalized spacial score (nSPS) is 11.6. The van der Waals surface area contributed by atoms with Crippen molar-refractivity contribution in [2.75, 3.05) is 5.32 Å². The van der Waals surface area contributed by atoms with Gasteiger partial charge in [0.15, 0.2) is 0 Å². The van der Waals surface area contributed by atoms with Gasteiger partial charge in [0.25, 0.3) is 0 Å². The molecule has 3 aromatic carbocycles. The molecule has 5 heteroatoms. The molecule has 0 bridgehead atoms. The molecule has 0 amide bonds. The van der Waals surface area contributed by atoms with Crippen LogP contribution in [0.1, 0.15) is 15.9 Å². The van der Waals surface area contributed by atoms with Crippen LogP contribution >= 0.6 is 11.4 Å². The summed E-state index contributed by atoms with van der Waals surface area (Å²) in [5.41, 5.74) is 6.00. The molecule has 27 heavy (non-hydrogen) atoms. The molecule has 0 fully saturated rings. The summed E-state index contributed by atoms with van der Waals surface area (Å²) < 4.78 is 0. The quantitative estimate of drug-likeness (QED) is 0.263. The fraction of sp³-hybridized carbons (Fsp3) is 0.0455. The van der Waals surface area contributed by atoms with Gasteiger partial charge in [-0.3, -0.25) is 0 Å². The SMILES string of the molecule is O=C(O)c1ccccc1NC=[SH]Cc1c2ccccc2nc2ccccc12. The number of aromatic nitrogens is 1. The highest BCUT2D eigenvalue weighted by molar-refractivity contribution is 7.96. The molecule has 0 saturated heterocycles. The van der Waals surface area contributed by atoms with E-state index in [1.807, 2.05) is 48.0 Å². The van der Waals surface area contributed by atoms with Gasteiger partial charge in [0.1, 0.15) is 0 Å². The van der Waals surface area contributed by atoms with Gasteiger partial charge in [-0.15, -0.1) is 0 Å². The van der Waals surface area contributed by atoms with E-state index in [1.165, 1.54) is 5.56 Å². The van der Waals surface area contributed by atoms with Crippen molar-refractivity contribution < 1.29 is 9.90 Å². The van der Waals surface area contributed by atoms with Crippen LogP contribution in [0, 0.1) is 0 Å². The van der Waals surface area contributed by atoms with E-state index >= 15 is 0 Å². The smallest absolute Gasteiger partial charge is 0.337 e. The molecule has 0 aliphatic rings. The molecule has 0 aliphatic carbocycles. The summed E-state index contributed by atoms with van der Waals surface area (Å²) in [7, 11) is 0. The van der Waals surface area contributed by atoms with Crippen molar-refractivity contribution in [3.63, 3.8) is 0 Å². The highest BCUT2D eigenvalue weighted by Crippen LogP contribution is 2.27. The predicted octanol–water partition coefficient (Wildman–Crippen LogP) is 4.92. The number of hydrogen-bond acceptors (Lipinski definition) is 2. The molecule has 1 heterocycles. The summed E-state index contributed by atoms with van der Waals surface area (Å²) in [6.07, 6.45) is 0. The number of pyridine rings is 1. The van der Waals surface area contributed by atoms with Crippen LogP contribution in [0.15, 0.2) is 72.8 Å². The van der Waals surface area contributed by atoms with E-state index in [0.29, 0.717) is 5.69 Å². The fourth-order valence-corrected chi connectivity index (χ4v) is 3.99. The van der Waals surface area contributed by atoms with Crippen molar-refractivity contribution in [1.82, 2.24) is 4.98 Å². The molecular formula is C22H18N2O2S. The molecule has 4 nitrogen and oxygen atoms in total. The number of hydrogen-bond donors (Lipinski definition) is 3. The van der Waals surface area contributed by atoms with Crippen molar-refractivity contribution >= 4 is 50.3 Å². The first-order chi connectivity index (χ1) is 13.2. The van der Waals surface area contributed by atoms with Crippen LogP contribution in [-0.2, 0) is 5.75 Å². The third-order valence-electron chi connectivity index (χ3n) is 4.42. The number of para-hydroxylation sites is 3. The van der Waals surface area contributed by atoms with Gasteiger partial charge >= 0.3 is 5.97 Å². The average Bonchev–Trinajstić information content (AvgIpc) is 2.70. The first-order valence-corrected chi connectivity index (χ1v) is 9.72. The van der Waals surface area contributed by atoms with Crippen LogP contribution < -0.4 is 5.32 Å². The van der Waals surface area contributed by atoms with Crippen LogP contribution in [0.5, 0.6) is 0 Å². The molecule has 0 atom stereocenters. The van der Waals surface area contributed by atoms with Gasteiger partial charge in [-0.05, 0) is 29.8 Å². The zero-order valence-corrected chi connectivity index (χ0v) is 15.4. The highest BCUT2D eigenvalue weighted by atomic mass is 32.1. The Labute approximate surface area is 160 Å². The van der Waals surface area contributed by atoms with E-state index in [9.17, 15) is 9.90 Å². The fourth-order valence-electron chi connectivity index (χ4n) is 3.15. The number of thiol groups is 1. The number of carboxylic acids is 1. The topological polar surface area (TPSA) is 62.2 Å². The molecule has 0 aliphatic heterocycles. The predicted molar refractivity (Wildman–Crippen MR) is 115 cm³/mol. The minimum atomic E-state index is -0.936. The van der Waals surface area contributed by atoms with E-state index in [4.69, 9.17) is 4.98 Å². The maximum absolute atomic E-state index is 11.3. The Bertz CT molecular complexity index is 1120. The first kappa shape index (κ1) is 17.2. The summed E-state index contributed by atoms with van der Waals surface area (Å²) in [6.45, 7) is 0. The van der Waals surface area contributed by atoms with E-state index in [1.54, 1.807) is 18.2 Å². The van der Waals surface area contributed by atoms with Crippen molar-refractivity contribution in [3.8, 4) is 0 Å². The standard InChI is InChI=1S/C22H18N2O2S/c25-22(26)17-9-3-4-10-19(17)23-14-27-13-18-15-7-1-5-11-20(15)24-21-12-6-2-8-16(18)21/h1-12,14,23,27H,13H2,(H,25,26). The molecular weight excluding hydrogens is 356 g/mol. The molecule has 1 aromatic heterocycles. The average molecular weight is 374 g/mol. The van der Waals surface area contributed by atoms with Crippen molar-refractivity contribution in [2.24, 2.45) is 0 Å². The van der Waals surface area contributed by atoms with Gasteiger partial charge in [0, 0.05) is 22.0 Å². The number of benzene rings is 3. The van der Waals surface area contributed by atoms with Gasteiger partial charge in [-0.2, -0.15) is 11.4 Å². The molecule has 0 spiro atoms. The van der Waals surface area contributed by atoms with Gasteiger partial charge in [0.2, 0.25) is 0 Å². The number of carbonyl (C=O) groups is 1. The highest BCUT2D eigenvalue weighted by Gasteiger charge is 2.08. The number of nitrogens with zero attached hydrogens (tertiary/aromatic N) is 1. The lowest BCUT2D eigenvalue weighted by Gasteiger charge is -2.09. The zero-order valence-electron chi connectivity index (χ0n) is 14.5. The largest absolute Gasteiger partial charge is 0.478 e. The minimum absolute atomic E-state index is 0.267. The molecule has 0 unspecified atom stereocenters. The van der Waals surface area contributed by atoms with Crippen LogP contribution in [0.4, 0.5) is 5.69 Å². The second-order valence-corrected chi connectivity index (χ2v) is 7.03. The molecule has 4 rings (SSSR count). The number of nitrogens with one attached hydrogen (secondary N) is 1. The molecule has 0 saturated carbocycles. The maximum Gasteiger partial charge on any atom is 0.337 e. The second-order valence-electron chi connectivity index (χ2n) is 6.09. The van der Waals surface area contributed by atoms with E-state index in [-0.39, 0.29) is 5.56 Å². The number of carboxylic acid groups (broad SMARTS) is 1. The van der Waals surface area contributed by atoms with Crippen LogP contribution in [0.2, 0.25) is 0 Å². The summed E-state index contributed by atoms with van der Waals surface area (Å²) in [4.78, 5) is 16.1. The lowest BCUT2D eigenvalue weighted by Crippen LogP contribution is -2.03. The summed E-state index contributed by atoms with van der Waals surface area (Å²) >= 11 is 1.04. The molecule has 4 aromatic rings. The van der Waals surface area contributed by atoms with E-state index < -0.39 is 5.97 Å². The first-order valence-electron chi connectivity index (χ1n) is 8.57. The van der Waals surface area contributed by atoms with Crippen molar-refractivity contribution in [3.05, 3.63) is 83.9 Å². The Balaban J connectivity index is 1.65. The van der Waals surface area contributed by atoms with Gasteiger partial charge in [0.05, 0.1) is 22.3 Å². The van der Waals surface area contributed by atoms with E-state index in [2.05, 4.69) is 17.4 Å². The van der Waals surface area contributed by atoms with Crippen LogP contribution in [0.25, 0.3) is 21.8 Å². The lowest BCUT2D eigenvalue weighted by molar-refractivity contribution is 0.0698. The number of aromatic carboxylic acids is 1. The number of fused-ring (bicyclic) bond motifs is 2. The van der Waals surface area contributed by atoms with Gasteiger partial charge in [-0.1, -0.05) is 48.5 Å². The van der Waals surface area contributed by atoms with Gasteiger partial charge < -0.3 is 10.4 Å². The Kier molecular flexibility index (Phi) is 4.85. The Morgan fingerprint density at radius 3 is 2.19 bits per heavy atom. The molecule has 0 radical (unpaired) electrons. The van der Waals surface area contributed by atoms with Crippen molar-refractivity contribution in [1.29, 1.82) is 0 Å². The third kappa shape index (κ3) is 3.55. The number of rotatable bonds is 5. The molecule has 2 N–H and O–H groups in total. The van der Waals surface area contributed by atoms with Crippen LogP contribution in [0.3, 0.4) is 0 Å². The third-order valence-corrected chi connectivity index (χ3v) is 5.23. The maximum atomic E-state index is 11.3. The Morgan fingerprint density at radius 1 is 0.926 bits per heavy atom. The van der Waals surface area contributed by atoms with Gasteiger partial charge in [-0.25, -0.2) is 9.78 Å². The Morgan fingerprint density at radius 2 is 1.52 bits per heavy atom. The Hall–Kier alpha value is -3.18. The van der Waals surface area contributed by atoms with E-state index in [0.717, 1.165) is 38.9 Å². The van der Waals surface area contributed by atoms with Crippen molar-refractivity contribution in [2.45, 2.75) is 5.75 Å².